The zero-order valence-corrected chi connectivity index (χ0v) is 10.9. The lowest BCUT2D eigenvalue weighted by Crippen LogP contribution is -2.42. The third-order valence-electron chi connectivity index (χ3n) is 1.94. The number of nitrogens with one attached hydrogen (secondary N) is 1. The van der Waals surface area contributed by atoms with Gasteiger partial charge in [0.15, 0.2) is 0 Å². The molecule has 0 saturated heterocycles. The van der Waals surface area contributed by atoms with Gasteiger partial charge in [0.2, 0.25) is 5.91 Å². The van der Waals surface area contributed by atoms with Crippen molar-refractivity contribution in [2.45, 2.75) is 39.7 Å². The summed E-state index contributed by atoms with van der Waals surface area (Å²) < 4.78 is 0. The first-order valence-electron chi connectivity index (χ1n) is 5.80. The topological polar surface area (TPSA) is 52.9 Å². The number of hydrogen-bond acceptors (Lipinski definition) is 2. The number of nitrogens with zero attached hydrogens (tertiary/aromatic N) is 1. The Morgan fingerprint density at radius 1 is 1.29 bits per heavy atom. The van der Waals surface area contributed by atoms with E-state index >= 15 is 0 Å². The number of benzene rings is 1. The number of amides is 1. The first-order chi connectivity index (χ1) is 8.03. The van der Waals surface area contributed by atoms with Crippen LogP contribution in [0.25, 0.3) is 0 Å². The van der Waals surface area contributed by atoms with Crippen LogP contribution >= 0.6 is 0 Å². The average Bonchev–Trinajstić information content (AvgIpc) is 2.32. The second-order valence-electron chi connectivity index (χ2n) is 3.95. The van der Waals surface area contributed by atoms with Crippen LogP contribution in [0.15, 0.2) is 30.3 Å². The highest BCUT2D eigenvalue weighted by Gasteiger charge is 2.18. The van der Waals surface area contributed by atoms with E-state index in [1.54, 1.807) is 13.8 Å². The Bertz CT molecular complexity index is 377. The monoisotopic (exact) mass is 232 g/mol. The van der Waals surface area contributed by atoms with Crippen molar-refractivity contribution >= 4 is 5.91 Å². The molecule has 92 valence electrons. The molecule has 1 aromatic rings. The van der Waals surface area contributed by atoms with Gasteiger partial charge >= 0.3 is 0 Å². The van der Waals surface area contributed by atoms with Crippen molar-refractivity contribution in [3.05, 3.63) is 35.9 Å². The average molecular weight is 232 g/mol. The van der Waals surface area contributed by atoms with Gasteiger partial charge in [0, 0.05) is 0 Å². The lowest BCUT2D eigenvalue weighted by molar-refractivity contribution is -0.121. The molecule has 1 N–H and O–H groups in total. The molecule has 1 aromatic carbocycles. The number of carbonyl (C=O) groups excluding carboxylic acids is 1. The molecule has 0 heterocycles. The molecule has 17 heavy (non-hydrogen) atoms. The molecule has 0 aliphatic heterocycles. The predicted molar refractivity (Wildman–Crippen MR) is 69.3 cm³/mol. The van der Waals surface area contributed by atoms with E-state index in [-0.39, 0.29) is 5.91 Å². The quantitative estimate of drug-likeness (QED) is 0.871. The van der Waals surface area contributed by atoms with Crippen molar-refractivity contribution in [1.82, 2.24) is 5.32 Å². The maximum absolute atomic E-state index is 11.5. The van der Waals surface area contributed by atoms with Gasteiger partial charge in [-0.15, -0.1) is 0 Å². The van der Waals surface area contributed by atoms with Gasteiger partial charge < -0.3 is 5.32 Å². The molecule has 0 radical (unpaired) electrons. The molecule has 3 nitrogen and oxygen atoms in total. The summed E-state index contributed by atoms with van der Waals surface area (Å²) in [5.41, 5.74) is 0.148. The van der Waals surface area contributed by atoms with Gasteiger partial charge in [-0.25, -0.2) is 0 Å². The van der Waals surface area contributed by atoms with Crippen LogP contribution in [0, 0.1) is 11.3 Å². The molecule has 0 saturated carbocycles. The van der Waals surface area contributed by atoms with Crippen LogP contribution in [0.1, 0.15) is 33.3 Å². The molecular weight excluding hydrogens is 212 g/mol. The minimum Gasteiger partial charge on any atom is -0.338 e. The van der Waals surface area contributed by atoms with E-state index in [0.717, 1.165) is 5.56 Å². The molecule has 0 fully saturated rings. The summed E-state index contributed by atoms with van der Waals surface area (Å²) in [7, 11) is 0. The van der Waals surface area contributed by atoms with E-state index < -0.39 is 5.54 Å². The highest BCUT2D eigenvalue weighted by molar-refractivity contribution is 5.79. The Balaban J connectivity index is 0.00000121. The summed E-state index contributed by atoms with van der Waals surface area (Å²) in [4.78, 5) is 11.5. The van der Waals surface area contributed by atoms with Crippen LogP contribution in [0.4, 0.5) is 0 Å². The highest BCUT2D eigenvalue weighted by Crippen LogP contribution is 2.03. The lowest BCUT2D eigenvalue weighted by atomic mass is 10.1. The zero-order chi connectivity index (χ0) is 13.3. The summed E-state index contributed by atoms with van der Waals surface area (Å²) in [5.74, 6) is -0.132. The number of hydrogen-bond donors (Lipinski definition) is 1. The minimum absolute atomic E-state index is 0.132. The van der Waals surface area contributed by atoms with Gasteiger partial charge in [-0.3, -0.25) is 4.79 Å². The summed E-state index contributed by atoms with van der Waals surface area (Å²) in [6.07, 6.45) is 0.311. The number of rotatable bonds is 3. The third kappa shape index (κ3) is 6.36. The number of nitriles is 1. The molecule has 1 amide bonds. The Labute approximate surface area is 103 Å². The normalized spacial score (nSPS) is 9.59. The molecule has 3 heteroatoms. The molecule has 1 rings (SSSR count). The van der Waals surface area contributed by atoms with Gasteiger partial charge in [-0.2, -0.15) is 5.26 Å². The maximum atomic E-state index is 11.5. The maximum Gasteiger partial charge on any atom is 0.225 e. The molecule has 0 bridgehead atoms. The van der Waals surface area contributed by atoms with Crippen molar-refractivity contribution in [2.24, 2.45) is 0 Å². The van der Waals surface area contributed by atoms with Crippen molar-refractivity contribution in [2.75, 3.05) is 0 Å². The predicted octanol–water partition coefficient (Wildman–Crippen LogP) is 2.67. The lowest BCUT2D eigenvalue weighted by Gasteiger charge is -2.17. The van der Waals surface area contributed by atoms with Crippen LogP contribution in [-0.4, -0.2) is 11.4 Å². The first kappa shape index (κ1) is 15.2. The molecular formula is C14H20N2O. The van der Waals surface area contributed by atoms with Crippen LogP contribution in [0.3, 0.4) is 0 Å². The largest absolute Gasteiger partial charge is 0.338 e. The molecule has 0 aliphatic carbocycles. The highest BCUT2D eigenvalue weighted by atomic mass is 16.1. The van der Waals surface area contributed by atoms with Crippen LogP contribution in [-0.2, 0) is 11.2 Å². The van der Waals surface area contributed by atoms with Crippen LogP contribution in [0.2, 0.25) is 0 Å². The van der Waals surface area contributed by atoms with Crippen molar-refractivity contribution < 1.29 is 4.79 Å². The fourth-order valence-electron chi connectivity index (χ4n) is 1.20. The third-order valence-corrected chi connectivity index (χ3v) is 1.94. The first-order valence-corrected chi connectivity index (χ1v) is 5.80. The zero-order valence-electron chi connectivity index (χ0n) is 10.9. The van der Waals surface area contributed by atoms with Crippen LogP contribution < -0.4 is 5.32 Å². The Morgan fingerprint density at radius 2 is 1.82 bits per heavy atom. The number of carbonyl (C=O) groups is 1. The fraction of sp³-hybridized carbons (Fsp3) is 0.429. The molecule has 0 atom stereocenters. The van der Waals surface area contributed by atoms with Gasteiger partial charge in [0.05, 0.1) is 12.5 Å². The second-order valence-corrected chi connectivity index (χ2v) is 3.95. The molecule has 0 unspecified atom stereocenters. The van der Waals surface area contributed by atoms with Gasteiger partial charge in [0.25, 0.3) is 0 Å². The summed E-state index contributed by atoms with van der Waals surface area (Å²) in [5, 5.41) is 11.4. The van der Waals surface area contributed by atoms with E-state index in [1.165, 1.54) is 0 Å². The molecule has 0 spiro atoms. The van der Waals surface area contributed by atoms with Gasteiger partial charge in [-0.05, 0) is 19.4 Å². The van der Waals surface area contributed by atoms with E-state index in [1.807, 2.05) is 50.2 Å². The van der Waals surface area contributed by atoms with E-state index in [0.29, 0.717) is 6.42 Å². The van der Waals surface area contributed by atoms with Gasteiger partial charge in [0.1, 0.15) is 5.54 Å². The molecule has 0 aliphatic rings. The molecule has 0 aromatic heterocycles. The smallest absolute Gasteiger partial charge is 0.225 e. The summed E-state index contributed by atoms with van der Waals surface area (Å²) >= 11 is 0. The summed E-state index contributed by atoms with van der Waals surface area (Å²) in [6, 6.07) is 11.5. The Hall–Kier alpha value is -1.82. The fourth-order valence-corrected chi connectivity index (χ4v) is 1.20. The SMILES string of the molecule is CC.CC(C)(C#N)NC(=O)Cc1ccccc1. The Kier molecular flexibility index (Phi) is 6.65. The van der Waals surface area contributed by atoms with Crippen molar-refractivity contribution in [3.8, 4) is 6.07 Å². The van der Waals surface area contributed by atoms with Crippen molar-refractivity contribution in [3.63, 3.8) is 0 Å². The second kappa shape index (κ2) is 7.45. The van der Waals surface area contributed by atoms with Gasteiger partial charge in [-0.1, -0.05) is 44.2 Å². The summed E-state index contributed by atoms with van der Waals surface area (Å²) in [6.45, 7) is 7.35. The van der Waals surface area contributed by atoms with E-state index in [9.17, 15) is 4.79 Å². The Morgan fingerprint density at radius 3 is 2.29 bits per heavy atom. The van der Waals surface area contributed by atoms with E-state index in [4.69, 9.17) is 5.26 Å². The minimum atomic E-state index is -0.800. The van der Waals surface area contributed by atoms with Crippen LogP contribution in [0.5, 0.6) is 0 Å². The van der Waals surface area contributed by atoms with Crippen molar-refractivity contribution in [1.29, 1.82) is 5.26 Å². The van der Waals surface area contributed by atoms with E-state index in [2.05, 4.69) is 5.32 Å². The standard InChI is InChI=1S/C12H14N2O.C2H6/c1-12(2,9-13)14-11(15)8-10-6-4-3-5-7-10;1-2/h3-7H,8H2,1-2H3,(H,14,15);1-2H3.